The molecule has 3 aromatic rings. The van der Waals surface area contributed by atoms with Crippen molar-refractivity contribution < 1.29 is 23.1 Å². The molecular weight excluding hydrogens is 458 g/mol. The monoisotopic (exact) mass is 481 g/mol. The van der Waals surface area contributed by atoms with Crippen LogP contribution in [0.2, 0.25) is 0 Å². The van der Waals surface area contributed by atoms with Crippen molar-refractivity contribution in [1.82, 2.24) is 9.88 Å². The molecule has 0 aliphatic carbocycles. The Labute approximate surface area is 196 Å². The van der Waals surface area contributed by atoms with E-state index in [1.807, 2.05) is 6.92 Å². The van der Waals surface area contributed by atoms with Gasteiger partial charge in [-0.05, 0) is 49.6 Å². The molecule has 1 aliphatic heterocycles. The number of nitrogens with one attached hydrogen (secondary N) is 3. The number of aromatic amines is 1. The molecular formula is C23H23N5O5S. The maximum atomic E-state index is 13.1. The summed E-state index contributed by atoms with van der Waals surface area (Å²) in [4.78, 5) is 29.1. The number of sulfonamides is 1. The van der Waals surface area contributed by atoms with E-state index in [0.29, 0.717) is 35.9 Å². The number of amides is 2. The SMILES string of the molecule is Cc1ccc(NS(=O)(=O)c2cccc(NC(=O)C(=O)N3CCCC3CO)c2)c2[nH]cc(C#N)c12. The van der Waals surface area contributed by atoms with Crippen LogP contribution >= 0.6 is 0 Å². The van der Waals surface area contributed by atoms with Crippen molar-refractivity contribution in [2.24, 2.45) is 0 Å². The Morgan fingerprint density at radius 3 is 2.82 bits per heavy atom. The van der Waals surface area contributed by atoms with Crippen LogP contribution in [0.15, 0.2) is 47.5 Å². The van der Waals surface area contributed by atoms with E-state index in [-0.39, 0.29) is 22.9 Å². The van der Waals surface area contributed by atoms with Crippen LogP contribution < -0.4 is 10.0 Å². The summed E-state index contributed by atoms with van der Waals surface area (Å²) in [7, 11) is -4.05. The first-order valence-corrected chi connectivity index (χ1v) is 12.1. The fraction of sp³-hybridized carbons (Fsp3) is 0.261. The highest BCUT2D eigenvalue weighted by Crippen LogP contribution is 2.30. The number of aromatic nitrogens is 1. The van der Waals surface area contributed by atoms with Crippen molar-refractivity contribution in [1.29, 1.82) is 5.26 Å². The number of aryl methyl sites for hydroxylation is 1. The number of nitriles is 1. The number of likely N-dealkylation sites (tertiary alicyclic amines) is 1. The van der Waals surface area contributed by atoms with Crippen LogP contribution in [0.1, 0.15) is 24.0 Å². The molecule has 2 heterocycles. The van der Waals surface area contributed by atoms with Gasteiger partial charge in [-0.15, -0.1) is 0 Å². The summed E-state index contributed by atoms with van der Waals surface area (Å²) in [6.45, 7) is 1.99. The molecule has 1 aliphatic rings. The van der Waals surface area contributed by atoms with Gasteiger partial charge in [-0.3, -0.25) is 14.3 Å². The van der Waals surface area contributed by atoms with Crippen LogP contribution in [0.4, 0.5) is 11.4 Å². The summed E-state index contributed by atoms with van der Waals surface area (Å²) in [5.74, 6) is -1.68. The van der Waals surface area contributed by atoms with Gasteiger partial charge in [-0.1, -0.05) is 12.1 Å². The summed E-state index contributed by atoms with van der Waals surface area (Å²) in [5.41, 5.74) is 2.13. The smallest absolute Gasteiger partial charge is 0.313 e. The number of carbonyl (C=O) groups excluding carboxylic acids is 2. The molecule has 1 unspecified atom stereocenters. The number of anilines is 2. The fourth-order valence-corrected chi connectivity index (χ4v) is 5.26. The molecule has 0 saturated carbocycles. The molecule has 176 valence electrons. The third kappa shape index (κ3) is 4.33. The minimum Gasteiger partial charge on any atom is -0.394 e. The Morgan fingerprint density at radius 1 is 1.29 bits per heavy atom. The molecule has 1 atom stereocenters. The van der Waals surface area contributed by atoms with E-state index in [2.05, 4.69) is 21.1 Å². The number of H-pyrrole nitrogens is 1. The van der Waals surface area contributed by atoms with E-state index in [4.69, 9.17) is 0 Å². The third-order valence-electron chi connectivity index (χ3n) is 5.85. The fourth-order valence-electron chi connectivity index (χ4n) is 4.15. The number of aliphatic hydroxyl groups is 1. The average Bonchev–Trinajstić information content (AvgIpc) is 3.48. The van der Waals surface area contributed by atoms with Crippen molar-refractivity contribution in [3.63, 3.8) is 0 Å². The summed E-state index contributed by atoms with van der Waals surface area (Å²) < 4.78 is 28.6. The van der Waals surface area contributed by atoms with Gasteiger partial charge in [0.05, 0.1) is 34.3 Å². The summed E-state index contributed by atoms with van der Waals surface area (Å²) in [6, 6.07) is 10.6. The lowest BCUT2D eigenvalue weighted by molar-refractivity contribution is -0.144. The summed E-state index contributed by atoms with van der Waals surface area (Å²) >= 11 is 0. The molecule has 0 bridgehead atoms. The zero-order valence-corrected chi connectivity index (χ0v) is 19.1. The van der Waals surface area contributed by atoms with Crippen LogP contribution in [0.5, 0.6) is 0 Å². The van der Waals surface area contributed by atoms with Crippen LogP contribution in [-0.2, 0) is 19.6 Å². The van der Waals surface area contributed by atoms with Crippen LogP contribution in [0, 0.1) is 18.3 Å². The Balaban J connectivity index is 1.56. The van der Waals surface area contributed by atoms with Gasteiger partial charge in [0.25, 0.3) is 10.0 Å². The molecule has 10 nitrogen and oxygen atoms in total. The van der Waals surface area contributed by atoms with Gasteiger partial charge in [0.2, 0.25) is 0 Å². The van der Waals surface area contributed by atoms with Gasteiger partial charge < -0.3 is 20.3 Å². The van der Waals surface area contributed by atoms with Crippen molar-refractivity contribution >= 4 is 44.1 Å². The highest BCUT2D eigenvalue weighted by molar-refractivity contribution is 7.92. The number of fused-ring (bicyclic) bond motifs is 1. The van der Waals surface area contributed by atoms with Gasteiger partial charge in [0.1, 0.15) is 6.07 Å². The molecule has 1 fully saturated rings. The number of aliphatic hydroxyl groups excluding tert-OH is 1. The topological polar surface area (TPSA) is 155 Å². The first-order chi connectivity index (χ1) is 16.2. The second kappa shape index (κ2) is 9.17. The van der Waals surface area contributed by atoms with E-state index < -0.39 is 27.9 Å². The van der Waals surface area contributed by atoms with Crippen molar-refractivity contribution in [3.8, 4) is 6.07 Å². The van der Waals surface area contributed by atoms with Gasteiger partial charge >= 0.3 is 11.8 Å². The molecule has 11 heteroatoms. The number of nitrogens with zero attached hydrogens (tertiary/aromatic N) is 2. The number of hydrogen-bond donors (Lipinski definition) is 4. The third-order valence-corrected chi connectivity index (χ3v) is 7.22. The molecule has 0 radical (unpaired) electrons. The lowest BCUT2D eigenvalue weighted by atomic mass is 10.1. The van der Waals surface area contributed by atoms with E-state index in [9.17, 15) is 28.4 Å². The van der Waals surface area contributed by atoms with Crippen molar-refractivity contribution in [2.75, 3.05) is 23.2 Å². The second-order valence-corrected chi connectivity index (χ2v) is 9.74. The molecule has 4 N–H and O–H groups in total. The Bertz CT molecular complexity index is 1420. The number of benzene rings is 2. The Kier molecular flexibility index (Phi) is 6.28. The van der Waals surface area contributed by atoms with Crippen molar-refractivity contribution in [2.45, 2.75) is 30.7 Å². The quantitative estimate of drug-likeness (QED) is 0.409. The maximum absolute atomic E-state index is 13.1. The highest BCUT2D eigenvalue weighted by atomic mass is 32.2. The second-order valence-electron chi connectivity index (χ2n) is 8.06. The first-order valence-electron chi connectivity index (χ1n) is 10.6. The predicted molar refractivity (Wildman–Crippen MR) is 125 cm³/mol. The van der Waals surface area contributed by atoms with Crippen LogP contribution in [0.3, 0.4) is 0 Å². The number of hydrogen-bond acceptors (Lipinski definition) is 6. The highest BCUT2D eigenvalue weighted by Gasteiger charge is 2.32. The molecule has 1 saturated heterocycles. The van der Waals surface area contributed by atoms with Gasteiger partial charge in [0, 0.05) is 23.8 Å². The van der Waals surface area contributed by atoms with Crippen LogP contribution in [-0.4, -0.2) is 54.4 Å². The molecule has 34 heavy (non-hydrogen) atoms. The molecule has 2 amide bonds. The molecule has 0 spiro atoms. The zero-order valence-electron chi connectivity index (χ0n) is 18.3. The van der Waals surface area contributed by atoms with E-state index in [0.717, 1.165) is 5.56 Å². The Hall–Kier alpha value is -3.88. The Morgan fingerprint density at radius 2 is 2.09 bits per heavy atom. The minimum absolute atomic E-state index is 0.118. The standard InChI is InChI=1S/C23H23N5O5S/c1-14-7-8-19(21-20(14)15(11-24)12-25-21)27-34(32,33)18-6-2-4-16(10-18)26-22(30)23(31)28-9-3-5-17(28)13-29/h2,4,6-8,10,12,17,25,27,29H,3,5,9,13H2,1H3,(H,26,30). The van der Waals surface area contributed by atoms with Crippen molar-refractivity contribution in [3.05, 3.63) is 53.7 Å². The molecule has 2 aromatic carbocycles. The normalized spacial score (nSPS) is 15.8. The predicted octanol–water partition coefficient (Wildman–Crippen LogP) is 2.07. The molecule has 1 aromatic heterocycles. The van der Waals surface area contributed by atoms with Gasteiger partial charge in [0.15, 0.2) is 0 Å². The van der Waals surface area contributed by atoms with Crippen LogP contribution in [0.25, 0.3) is 10.9 Å². The average molecular weight is 482 g/mol. The number of carbonyl (C=O) groups is 2. The summed E-state index contributed by atoms with van der Waals surface area (Å²) in [5, 5.41) is 21.8. The van der Waals surface area contributed by atoms with E-state index >= 15 is 0 Å². The lowest BCUT2D eigenvalue weighted by Gasteiger charge is -2.22. The summed E-state index contributed by atoms with van der Waals surface area (Å²) in [6.07, 6.45) is 2.84. The minimum atomic E-state index is -4.05. The number of rotatable bonds is 5. The van der Waals surface area contributed by atoms with E-state index in [1.165, 1.54) is 35.4 Å². The van der Waals surface area contributed by atoms with Gasteiger partial charge in [-0.2, -0.15) is 5.26 Å². The largest absolute Gasteiger partial charge is 0.394 e. The van der Waals surface area contributed by atoms with Gasteiger partial charge in [-0.25, -0.2) is 8.42 Å². The maximum Gasteiger partial charge on any atom is 0.313 e. The van der Waals surface area contributed by atoms with E-state index in [1.54, 1.807) is 12.1 Å². The first kappa shape index (κ1) is 23.3. The molecule has 4 rings (SSSR count). The lowest BCUT2D eigenvalue weighted by Crippen LogP contribution is -2.43. The zero-order chi connectivity index (χ0) is 24.5.